The van der Waals surface area contributed by atoms with Gasteiger partial charge in [-0.25, -0.2) is 14.4 Å². The number of thiazole rings is 1. The van der Waals surface area contributed by atoms with Gasteiger partial charge in [0.1, 0.15) is 11.6 Å². The summed E-state index contributed by atoms with van der Waals surface area (Å²) in [5.41, 5.74) is 4.86. The first-order chi connectivity index (χ1) is 15.1. The molecular formula is C24H23FN4OS. The van der Waals surface area contributed by atoms with Gasteiger partial charge in [0.05, 0.1) is 30.5 Å². The summed E-state index contributed by atoms with van der Waals surface area (Å²) in [6.45, 7) is 1.96. The van der Waals surface area contributed by atoms with E-state index < -0.39 is 0 Å². The topological polar surface area (TPSA) is 52.0 Å². The number of rotatable bonds is 5. The van der Waals surface area contributed by atoms with Gasteiger partial charge < -0.3 is 14.6 Å². The van der Waals surface area contributed by atoms with E-state index in [1.165, 1.54) is 10.9 Å². The number of halogens is 1. The van der Waals surface area contributed by atoms with Crippen LogP contribution in [0.15, 0.2) is 55.0 Å². The van der Waals surface area contributed by atoms with Crippen LogP contribution >= 0.6 is 11.3 Å². The van der Waals surface area contributed by atoms with Gasteiger partial charge in [0.2, 0.25) is 0 Å². The molecule has 0 amide bonds. The van der Waals surface area contributed by atoms with Crippen molar-refractivity contribution in [2.45, 2.75) is 32.1 Å². The Kier molecular flexibility index (Phi) is 5.19. The lowest BCUT2D eigenvalue weighted by Crippen LogP contribution is -2.10. The summed E-state index contributed by atoms with van der Waals surface area (Å²) in [6.07, 6.45) is 6.84. The zero-order chi connectivity index (χ0) is 21.4. The Hall–Kier alpha value is -3.19. The number of aromatic nitrogens is 3. The van der Waals surface area contributed by atoms with Crippen LogP contribution in [0, 0.1) is 12.7 Å². The zero-order valence-electron chi connectivity index (χ0n) is 17.4. The average molecular weight is 435 g/mol. The third-order valence-electron chi connectivity index (χ3n) is 5.63. The number of hydrogen-bond donors (Lipinski definition) is 1. The van der Waals surface area contributed by atoms with E-state index in [2.05, 4.69) is 10.3 Å². The highest BCUT2D eigenvalue weighted by Crippen LogP contribution is 2.41. The summed E-state index contributed by atoms with van der Waals surface area (Å²) in [4.78, 5) is 10.5. The Morgan fingerprint density at radius 1 is 1.23 bits per heavy atom. The van der Waals surface area contributed by atoms with Gasteiger partial charge in [0, 0.05) is 28.7 Å². The molecule has 7 heteroatoms. The summed E-state index contributed by atoms with van der Waals surface area (Å²) in [7, 11) is 1.66. The quantitative estimate of drug-likeness (QED) is 0.419. The van der Waals surface area contributed by atoms with Crippen LogP contribution in [0.1, 0.15) is 40.6 Å². The summed E-state index contributed by atoms with van der Waals surface area (Å²) in [5.74, 6) is 0.701. The van der Waals surface area contributed by atoms with E-state index in [0.29, 0.717) is 0 Å². The van der Waals surface area contributed by atoms with Gasteiger partial charge in [-0.05, 0) is 56.0 Å². The second-order valence-corrected chi connectivity index (χ2v) is 8.84. The smallest absolute Gasteiger partial charge is 0.187 e. The van der Waals surface area contributed by atoms with Crippen molar-refractivity contribution in [3.8, 4) is 11.4 Å². The second kappa shape index (κ2) is 8.15. The summed E-state index contributed by atoms with van der Waals surface area (Å²) in [5, 5.41) is 4.28. The van der Waals surface area contributed by atoms with Gasteiger partial charge >= 0.3 is 0 Å². The molecule has 0 saturated heterocycles. The zero-order valence-corrected chi connectivity index (χ0v) is 18.2. The number of aryl methyl sites for hydroxylation is 2. The lowest BCUT2D eigenvalue weighted by Gasteiger charge is -2.21. The minimum absolute atomic E-state index is 0.146. The van der Waals surface area contributed by atoms with E-state index in [-0.39, 0.29) is 11.7 Å². The normalized spacial score (nSPS) is 15.5. The van der Waals surface area contributed by atoms with Gasteiger partial charge in [0.25, 0.3) is 0 Å². The predicted molar refractivity (Wildman–Crippen MR) is 121 cm³/mol. The van der Waals surface area contributed by atoms with Gasteiger partial charge in [0.15, 0.2) is 5.13 Å². The summed E-state index contributed by atoms with van der Waals surface area (Å²) in [6, 6.07) is 12.9. The first kappa shape index (κ1) is 19.8. The molecule has 0 aliphatic heterocycles. The van der Waals surface area contributed by atoms with Crippen LogP contribution in [0.5, 0.6) is 5.75 Å². The fraction of sp³-hybridized carbons (Fsp3) is 0.250. The molecule has 0 fully saturated rings. The van der Waals surface area contributed by atoms with Crippen molar-refractivity contribution in [2.75, 3.05) is 12.4 Å². The van der Waals surface area contributed by atoms with Crippen molar-refractivity contribution in [3.05, 3.63) is 82.6 Å². The standard InChI is InChI=1S/C24H23FN4OS/c1-15-13-29(14-26-15)20-10-9-18(12-21(20)30-2)27-24-28-23-19(7-4-8-22(23)31-24)16-5-3-6-17(25)11-16/h3,5-6,9-14,19H,4,7-8H2,1-2H3,(H,27,28). The molecule has 4 aromatic rings. The number of nitrogens with one attached hydrogen (secondary N) is 1. The fourth-order valence-corrected chi connectivity index (χ4v) is 5.25. The monoisotopic (exact) mass is 434 g/mol. The lowest BCUT2D eigenvalue weighted by atomic mass is 9.85. The number of ether oxygens (including phenoxy) is 1. The maximum atomic E-state index is 13.8. The van der Waals surface area contributed by atoms with E-state index >= 15 is 0 Å². The fourth-order valence-electron chi connectivity index (χ4n) is 4.16. The van der Waals surface area contributed by atoms with Crippen molar-refractivity contribution in [2.24, 2.45) is 0 Å². The van der Waals surface area contributed by atoms with Crippen molar-refractivity contribution >= 4 is 22.2 Å². The van der Waals surface area contributed by atoms with Crippen molar-refractivity contribution < 1.29 is 9.13 Å². The molecule has 5 nitrogen and oxygen atoms in total. The molecule has 0 saturated carbocycles. The largest absolute Gasteiger partial charge is 0.494 e. The Labute approximate surface area is 184 Å². The van der Waals surface area contributed by atoms with E-state index in [4.69, 9.17) is 9.72 Å². The van der Waals surface area contributed by atoms with Crippen molar-refractivity contribution in [3.63, 3.8) is 0 Å². The first-order valence-corrected chi connectivity index (χ1v) is 11.1. The number of benzene rings is 2. The molecule has 1 N–H and O–H groups in total. The molecule has 1 aliphatic carbocycles. The minimum atomic E-state index is -0.196. The molecule has 0 spiro atoms. The molecule has 2 heterocycles. The van der Waals surface area contributed by atoms with E-state index in [9.17, 15) is 4.39 Å². The Morgan fingerprint density at radius 2 is 2.13 bits per heavy atom. The van der Waals surface area contributed by atoms with Crippen LogP contribution in [0.4, 0.5) is 15.2 Å². The van der Waals surface area contributed by atoms with Crippen LogP contribution in [0.2, 0.25) is 0 Å². The molecule has 2 aromatic heterocycles. The average Bonchev–Trinajstić information content (AvgIpc) is 3.39. The van der Waals surface area contributed by atoms with Gasteiger partial charge in [-0.1, -0.05) is 12.1 Å². The number of imidazole rings is 1. The number of hydrogen-bond acceptors (Lipinski definition) is 5. The molecule has 31 heavy (non-hydrogen) atoms. The number of methoxy groups -OCH3 is 1. The first-order valence-electron chi connectivity index (χ1n) is 10.3. The molecule has 1 aliphatic rings. The maximum absolute atomic E-state index is 13.8. The molecule has 1 unspecified atom stereocenters. The SMILES string of the molecule is COc1cc(Nc2nc3c(s2)CCCC3c2cccc(F)c2)ccc1-n1cnc(C)c1. The number of fused-ring (bicyclic) bond motifs is 1. The van der Waals surface area contributed by atoms with Crippen LogP contribution in [0.25, 0.3) is 5.69 Å². The molecule has 0 radical (unpaired) electrons. The Balaban J connectivity index is 1.42. The van der Waals surface area contributed by atoms with E-state index in [0.717, 1.165) is 58.5 Å². The Morgan fingerprint density at radius 3 is 2.90 bits per heavy atom. The minimum Gasteiger partial charge on any atom is -0.494 e. The molecule has 0 bridgehead atoms. The van der Waals surface area contributed by atoms with Crippen molar-refractivity contribution in [1.82, 2.24) is 14.5 Å². The lowest BCUT2D eigenvalue weighted by molar-refractivity contribution is 0.413. The summed E-state index contributed by atoms with van der Waals surface area (Å²) < 4.78 is 21.3. The number of anilines is 2. The molecular weight excluding hydrogens is 411 g/mol. The molecule has 158 valence electrons. The Bertz CT molecular complexity index is 1230. The summed E-state index contributed by atoms with van der Waals surface area (Å²) >= 11 is 1.68. The molecule has 5 rings (SSSR count). The van der Waals surface area contributed by atoms with E-state index in [1.54, 1.807) is 36.9 Å². The van der Waals surface area contributed by atoms with Crippen LogP contribution in [-0.4, -0.2) is 21.6 Å². The predicted octanol–water partition coefficient (Wildman–Crippen LogP) is 6.00. The molecule has 2 aromatic carbocycles. The highest BCUT2D eigenvalue weighted by atomic mass is 32.1. The van der Waals surface area contributed by atoms with Crippen LogP contribution in [0.3, 0.4) is 0 Å². The van der Waals surface area contributed by atoms with Gasteiger partial charge in [-0.15, -0.1) is 11.3 Å². The highest BCUT2D eigenvalue weighted by molar-refractivity contribution is 7.15. The highest BCUT2D eigenvalue weighted by Gasteiger charge is 2.26. The third kappa shape index (κ3) is 3.93. The third-order valence-corrected chi connectivity index (χ3v) is 6.67. The molecule has 1 atom stereocenters. The van der Waals surface area contributed by atoms with E-state index in [1.807, 2.05) is 42.0 Å². The maximum Gasteiger partial charge on any atom is 0.187 e. The van der Waals surface area contributed by atoms with Gasteiger partial charge in [-0.3, -0.25) is 0 Å². The van der Waals surface area contributed by atoms with Crippen LogP contribution in [-0.2, 0) is 6.42 Å². The van der Waals surface area contributed by atoms with Crippen LogP contribution < -0.4 is 10.1 Å². The second-order valence-electron chi connectivity index (χ2n) is 7.76. The van der Waals surface area contributed by atoms with Gasteiger partial charge in [-0.2, -0.15) is 0 Å². The number of nitrogens with zero attached hydrogens (tertiary/aromatic N) is 3. The van der Waals surface area contributed by atoms with Crippen molar-refractivity contribution in [1.29, 1.82) is 0 Å².